The quantitative estimate of drug-likeness (QED) is 0.681. The molecule has 0 bridgehead atoms. The van der Waals surface area contributed by atoms with E-state index in [1.807, 2.05) is 12.1 Å². The van der Waals surface area contributed by atoms with Gasteiger partial charge in [0.25, 0.3) is 6.08 Å². The van der Waals surface area contributed by atoms with Crippen molar-refractivity contribution in [3.63, 3.8) is 0 Å². The van der Waals surface area contributed by atoms with Crippen molar-refractivity contribution in [2.75, 3.05) is 13.2 Å². The van der Waals surface area contributed by atoms with Crippen LogP contribution >= 0.6 is 0 Å². The zero-order chi connectivity index (χ0) is 17.6. The first-order chi connectivity index (χ1) is 12.1. The Morgan fingerprint density at radius 3 is 2.24 bits per heavy atom. The van der Waals surface area contributed by atoms with Gasteiger partial charge in [-0.05, 0) is 42.2 Å². The van der Waals surface area contributed by atoms with E-state index in [0.717, 1.165) is 49.5 Å². The third-order valence-corrected chi connectivity index (χ3v) is 5.64. The Morgan fingerprint density at radius 1 is 1.00 bits per heavy atom. The topological polar surface area (TPSA) is 18.5 Å². The maximum atomic E-state index is 12.2. The first kappa shape index (κ1) is 18.5. The van der Waals surface area contributed by atoms with E-state index in [-0.39, 0.29) is 6.29 Å². The summed E-state index contributed by atoms with van der Waals surface area (Å²) in [6, 6.07) is 7.22. The lowest BCUT2D eigenvalue weighted by atomic mass is 9.76. The molecule has 2 nitrogen and oxygen atoms in total. The number of benzene rings is 1. The van der Waals surface area contributed by atoms with E-state index in [9.17, 15) is 8.78 Å². The highest BCUT2D eigenvalue weighted by Crippen LogP contribution is 2.35. The molecule has 1 saturated heterocycles. The largest absolute Gasteiger partial charge is 0.352 e. The van der Waals surface area contributed by atoms with Crippen molar-refractivity contribution in [3.05, 3.63) is 41.5 Å². The molecular weight excluding hydrogens is 322 g/mol. The summed E-state index contributed by atoms with van der Waals surface area (Å²) in [5, 5.41) is 0. The second kappa shape index (κ2) is 8.91. The van der Waals surface area contributed by atoms with E-state index >= 15 is 0 Å². The lowest BCUT2D eigenvalue weighted by Gasteiger charge is -2.37. The number of halogens is 2. The molecule has 3 rings (SSSR count). The molecule has 0 amide bonds. The van der Waals surface area contributed by atoms with Crippen molar-refractivity contribution in [2.24, 2.45) is 17.8 Å². The van der Waals surface area contributed by atoms with Crippen LogP contribution in [-0.4, -0.2) is 19.5 Å². The fraction of sp³-hybridized carbons (Fsp3) is 0.619. The molecule has 0 atom stereocenters. The van der Waals surface area contributed by atoms with Crippen molar-refractivity contribution in [1.82, 2.24) is 0 Å². The minimum Gasteiger partial charge on any atom is -0.352 e. The van der Waals surface area contributed by atoms with Crippen LogP contribution in [0, 0.1) is 17.8 Å². The highest BCUT2D eigenvalue weighted by Gasteiger charge is 2.30. The van der Waals surface area contributed by atoms with Gasteiger partial charge in [-0.25, -0.2) is 0 Å². The molecule has 1 heterocycles. The minimum atomic E-state index is -1.67. The average Bonchev–Trinajstić information content (AvgIpc) is 2.62. The van der Waals surface area contributed by atoms with E-state index in [0.29, 0.717) is 11.5 Å². The second-order valence-electron chi connectivity index (χ2n) is 7.59. The van der Waals surface area contributed by atoms with E-state index in [1.165, 1.54) is 25.7 Å². The Morgan fingerprint density at radius 2 is 1.64 bits per heavy atom. The van der Waals surface area contributed by atoms with Gasteiger partial charge in [0.05, 0.1) is 13.2 Å². The predicted molar refractivity (Wildman–Crippen MR) is 95.3 cm³/mol. The molecule has 0 aromatic heterocycles. The molecule has 1 aromatic carbocycles. The third-order valence-electron chi connectivity index (χ3n) is 5.64. The number of ether oxygens (including phenoxy) is 2. The zero-order valence-corrected chi connectivity index (χ0v) is 14.9. The van der Waals surface area contributed by atoms with Gasteiger partial charge >= 0.3 is 0 Å². The Bertz CT molecular complexity index is 550. The summed E-state index contributed by atoms with van der Waals surface area (Å²) in [6.07, 6.45) is 6.00. The molecule has 138 valence electrons. The van der Waals surface area contributed by atoms with Gasteiger partial charge in [0.15, 0.2) is 6.29 Å². The minimum absolute atomic E-state index is 0.137. The zero-order valence-electron chi connectivity index (χ0n) is 14.9. The van der Waals surface area contributed by atoms with Gasteiger partial charge in [0.2, 0.25) is 0 Å². The van der Waals surface area contributed by atoms with Gasteiger partial charge < -0.3 is 9.47 Å². The summed E-state index contributed by atoms with van der Waals surface area (Å²) < 4.78 is 36.3. The van der Waals surface area contributed by atoms with Crippen LogP contribution in [-0.2, 0) is 15.9 Å². The Balaban J connectivity index is 1.40. The highest BCUT2D eigenvalue weighted by molar-refractivity contribution is 5.50. The summed E-state index contributed by atoms with van der Waals surface area (Å²) in [5.41, 5.74) is 1.64. The van der Waals surface area contributed by atoms with Crippen LogP contribution in [0.2, 0.25) is 0 Å². The monoisotopic (exact) mass is 350 g/mol. The number of aryl methyl sites for hydroxylation is 1. The molecule has 4 heteroatoms. The maximum absolute atomic E-state index is 12.2. The lowest BCUT2D eigenvalue weighted by Crippen LogP contribution is -2.37. The third kappa shape index (κ3) is 5.61. The van der Waals surface area contributed by atoms with Gasteiger partial charge in [-0.3, -0.25) is 0 Å². The summed E-state index contributed by atoms with van der Waals surface area (Å²) in [5.74, 6) is 2.18. The average molecular weight is 350 g/mol. The van der Waals surface area contributed by atoms with Crippen LogP contribution in [0.4, 0.5) is 8.78 Å². The van der Waals surface area contributed by atoms with Crippen molar-refractivity contribution < 1.29 is 18.3 Å². The van der Waals surface area contributed by atoms with E-state index in [4.69, 9.17) is 9.47 Å². The normalized spacial score (nSPS) is 30.0. The fourth-order valence-electron chi connectivity index (χ4n) is 3.95. The molecule has 2 fully saturated rings. The summed E-state index contributed by atoms with van der Waals surface area (Å²) in [6.45, 7) is 3.96. The van der Waals surface area contributed by atoms with Gasteiger partial charge in [-0.2, -0.15) is 8.78 Å². The van der Waals surface area contributed by atoms with Crippen molar-refractivity contribution >= 4 is 6.08 Å². The number of hydrogen-bond acceptors (Lipinski definition) is 2. The van der Waals surface area contributed by atoms with Crippen molar-refractivity contribution in [1.29, 1.82) is 0 Å². The molecule has 1 aliphatic heterocycles. The summed E-state index contributed by atoms with van der Waals surface area (Å²) in [4.78, 5) is 0. The first-order valence-corrected chi connectivity index (χ1v) is 9.45. The molecule has 0 radical (unpaired) electrons. The van der Waals surface area contributed by atoms with Crippen LogP contribution in [0.3, 0.4) is 0 Å². The van der Waals surface area contributed by atoms with E-state index in [2.05, 4.69) is 6.92 Å². The molecule has 0 unspecified atom stereocenters. The highest BCUT2D eigenvalue weighted by atomic mass is 19.3. The van der Waals surface area contributed by atoms with Crippen LogP contribution < -0.4 is 0 Å². The van der Waals surface area contributed by atoms with Crippen molar-refractivity contribution in [2.45, 2.75) is 51.7 Å². The first-order valence-electron chi connectivity index (χ1n) is 9.45. The molecule has 2 aliphatic rings. The van der Waals surface area contributed by atoms with E-state index < -0.39 is 6.08 Å². The standard InChI is InChI=1S/C21H28F2O2/c1-15-2-9-18(10-3-15)19-13-24-21(25-14-19)11-8-16-4-6-17(7-5-16)12-20(22)23/h4-7,12,15,18-19,21H,2-3,8-11,13-14H2,1H3. The Hall–Kier alpha value is -1.26. The SMILES string of the molecule is CC1CCC(C2COC(CCc3ccc(C=C(F)F)cc3)OC2)CC1. The molecule has 1 aromatic rings. The van der Waals surface area contributed by atoms with Crippen LogP contribution in [0.25, 0.3) is 6.08 Å². The number of rotatable bonds is 5. The summed E-state index contributed by atoms with van der Waals surface area (Å²) >= 11 is 0. The lowest BCUT2D eigenvalue weighted by molar-refractivity contribution is -0.212. The smallest absolute Gasteiger partial charge is 0.270 e. The van der Waals surface area contributed by atoms with Gasteiger partial charge in [-0.1, -0.05) is 44.0 Å². The molecule has 1 aliphatic carbocycles. The molecule has 1 saturated carbocycles. The molecule has 0 N–H and O–H groups in total. The van der Waals surface area contributed by atoms with Gasteiger partial charge in [0.1, 0.15) is 0 Å². The van der Waals surface area contributed by atoms with Crippen LogP contribution in [0.5, 0.6) is 0 Å². The summed E-state index contributed by atoms with van der Waals surface area (Å²) in [7, 11) is 0. The second-order valence-corrected chi connectivity index (χ2v) is 7.59. The molecule has 25 heavy (non-hydrogen) atoms. The fourth-order valence-corrected chi connectivity index (χ4v) is 3.95. The van der Waals surface area contributed by atoms with Gasteiger partial charge in [0, 0.05) is 18.4 Å². The molecular formula is C21H28F2O2. The molecule has 0 spiro atoms. The van der Waals surface area contributed by atoms with Crippen LogP contribution in [0.1, 0.15) is 50.2 Å². The van der Waals surface area contributed by atoms with Gasteiger partial charge in [-0.15, -0.1) is 0 Å². The number of hydrogen-bond donors (Lipinski definition) is 0. The van der Waals surface area contributed by atoms with Crippen molar-refractivity contribution in [3.8, 4) is 0 Å². The van der Waals surface area contributed by atoms with E-state index in [1.54, 1.807) is 12.1 Å². The maximum Gasteiger partial charge on any atom is 0.270 e. The van der Waals surface area contributed by atoms with Crippen LogP contribution in [0.15, 0.2) is 30.3 Å². The Kier molecular flexibility index (Phi) is 6.60. The Labute approximate surface area is 149 Å². The predicted octanol–water partition coefficient (Wildman–Crippen LogP) is 5.67.